The van der Waals surface area contributed by atoms with Crippen LogP contribution in [0, 0.1) is 11.8 Å². The van der Waals surface area contributed by atoms with E-state index >= 15 is 0 Å². The fourth-order valence-electron chi connectivity index (χ4n) is 5.16. The zero-order chi connectivity index (χ0) is 26.6. The lowest BCUT2D eigenvalue weighted by atomic mass is 9.82. The van der Waals surface area contributed by atoms with Crippen LogP contribution in [-0.4, -0.2) is 71.8 Å². The first-order valence-corrected chi connectivity index (χ1v) is 13.4. The maximum Gasteiger partial charge on any atom is 0.412 e. The van der Waals surface area contributed by atoms with Crippen molar-refractivity contribution in [2.24, 2.45) is 11.8 Å². The molecule has 1 heterocycles. The number of amides is 2. The van der Waals surface area contributed by atoms with Gasteiger partial charge >= 0.3 is 12.2 Å². The van der Waals surface area contributed by atoms with Gasteiger partial charge in [-0.25, -0.2) is 9.59 Å². The Bertz CT molecular complexity index is 697. The minimum atomic E-state index is -0.798. The van der Waals surface area contributed by atoms with Crippen LogP contribution in [0.25, 0.3) is 0 Å². The molecular formula is C27H51N3O5. The number of ether oxygens (including phenoxy) is 3. The first-order valence-electron chi connectivity index (χ1n) is 13.4. The van der Waals surface area contributed by atoms with Gasteiger partial charge in [-0.3, -0.25) is 9.80 Å². The molecule has 1 aliphatic heterocycles. The number of nitrogens with one attached hydrogen (secondary N) is 1. The molecule has 4 atom stereocenters. The van der Waals surface area contributed by atoms with Crippen molar-refractivity contribution < 1.29 is 23.8 Å². The number of nitrogens with zero attached hydrogens (tertiary/aromatic N) is 2. The molecule has 1 aliphatic carbocycles. The van der Waals surface area contributed by atoms with E-state index in [0.29, 0.717) is 12.3 Å². The first kappa shape index (κ1) is 29.7. The van der Waals surface area contributed by atoms with Crippen molar-refractivity contribution in [1.82, 2.24) is 15.1 Å². The molecule has 8 nitrogen and oxygen atoms in total. The van der Waals surface area contributed by atoms with E-state index in [2.05, 4.69) is 19.2 Å². The molecule has 1 saturated heterocycles. The Morgan fingerprint density at radius 3 is 2.23 bits per heavy atom. The van der Waals surface area contributed by atoms with Crippen LogP contribution in [0.3, 0.4) is 0 Å². The van der Waals surface area contributed by atoms with Gasteiger partial charge < -0.3 is 19.5 Å². The van der Waals surface area contributed by atoms with Gasteiger partial charge in [0, 0.05) is 6.04 Å². The van der Waals surface area contributed by atoms with Gasteiger partial charge in [0.15, 0.2) is 6.23 Å². The normalized spacial score (nSPS) is 25.0. The van der Waals surface area contributed by atoms with E-state index in [-0.39, 0.29) is 36.4 Å². The second-order valence-electron chi connectivity index (χ2n) is 12.5. The van der Waals surface area contributed by atoms with Gasteiger partial charge in [0.25, 0.3) is 0 Å². The summed E-state index contributed by atoms with van der Waals surface area (Å²) in [5.41, 5.74) is -1.39. The van der Waals surface area contributed by atoms with Gasteiger partial charge in [-0.2, -0.15) is 0 Å². The zero-order valence-corrected chi connectivity index (χ0v) is 23.8. The summed E-state index contributed by atoms with van der Waals surface area (Å²) in [5.74, 6) is 0.741. The summed E-state index contributed by atoms with van der Waals surface area (Å²) in [5, 5.41) is 3.06. The molecule has 0 aromatic rings. The largest absolute Gasteiger partial charge is 0.444 e. The predicted octanol–water partition coefficient (Wildman–Crippen LogP) is 5.75. The Kier molecular flexibility index (Phi) is 10.3. The molecule has 2 rings (SSSR count). The lowest BCUT2D eigenvalue weighted by Gasteiger charge is -2.37. The van der Waals surface area contributed by atoms with Crippen LogP contribution >= 0.6 is 0 Å². The van der Waals surface area contributed by atoms with Crippen LogP contribution in [0.4, 0.5) is 9.59 Å². The average Bonchev–Trinajstić information content (AvgIpc) is 2.95. The summed E-state index contributed by atoms with van der Waals surface area (Å²) >= 11 is 0. The van der Waals surface area contributed by atoms with Crippen molar-refractivity contribution in [3.63, 3.8) is 0 Å². The van der Waals surface area contributed by atoms with E-state index in [0.717, 1.165) is 6.42 Å². The molecular weight excluding hydrogens is 446 g/mol. The molecule has 0 radical (unpaired) electrons. The lowest BCUT2D eigenvalue weighted by molar-refractivity contribution is -0.0817. The van der Waals surface area contributed by atoms with Gasteiger partial charge in [-0.1, -0.05) is 46.0 Å². The smallest absolute Gasteiger partial charge is 0.412 e. The van der Waals surface area contributed by atoms with Crippen molar-refractivity contribution in [1.29, 1.82) is 0 Å². The minimum absolute atomic E-state index is 0.109. The predicted molar refractivity (Wildman–Crippen MR) is 138 cm³/mol. The highest BCUT2D eigenvalue weighted by molar-refractivity contribution is 5.70. The first-order chi connectivity index (χ1) is 16.1. The third-order valence-electron chi connectivity index (χ3n) is 7.27. The molecule has 2 aliphatic rings. The van der Waals surface area contributed by atoms with Crippen molar-refractivity contribution in [2.45, 2.75) is 136 Å². The summed E-state index contributed by atoms with van der Waals surface area (Å²) < 4.78 is 17.9. The molecule has 1 N–H and O–H groups in total. The van der Waals surface area contributed by atoms with Gasteiger partial charge in [0.1, 0.15) is 11.3 Å². The number of carbonyl (C=O) groups is 2. The van der Waals surface area contributed by atoms with Crippen LogP contribution in [0.5, 0.6) is 0 Å². The summed E-state index contributed by atoms with van der Waals surface area (Å²) in [4.78, 5) is 29.7. The maximum atomic E-state index is 13.4. The topological polar surface area (TPSA) is 80.3 Å². The third kappa shape index (κ3) is 8.81. The summed E-state index contributed by atoms with van der Waals surface area (Å²) in [6.07, 6.45) is 6.33. The van der Waals surface area contributed by atoms with Crippen molar-refractivity contribution in [3.05, 3.63) is 0 Å². The highest BCUT2D eigenvalue weighted by atomic mass is 16.6. The second kappa shape index (κ2) is 12.1. The van der Waals surface area contributed by atoms with E-state index in [1.54, 1.807) is 0 Å². The number of rotatable bonds is 8. The molecule has 2 fully saturated rings. The number of hydrogen-bond donors (Lipinski definition) is 1. The van der Waals surface area contributed by atoms with Crippen LogP contribution in [0.2, 0.25) is 0 Å². The zero-order valence-electron chi connectivity index (χ0n) is 23.8. The van der Waals surface area contributed by atoms with Crippen molar-refractivity contribution in [2.75, 3.05) is 14.1 Å². The SMILES string of the molecule is CC(C)[C@H](C[C@@H]1OC(C)(C)N(C(=O)OC(C)(C)C)[C@H]1CC1CCCCC1)NC(=O)OC(C)N(C)C. The van der Waals surface area contributed by atoms with Crippen LogP contribution in [-0.2, 0) is 14.2 Å². The van der Waals surface area contributed by atoms with Gasteiger partial charge in [-0.15, -0.1) is 0 Å². The fraction of sp³-hybridized carbons (Fsp3) is 0.926. The summed E-state index contributed by atoms with van der Waals surface area (Å²) in [7, 11) is 3.74. The van der Waals surface area contributed by atoms with Gasteiger partial charge in [0.05, 0.1) is 12.1 Å². The second-order valence-corrected chi connectivity index (χ2v) is 12.5. The Morgan fingerprint density at radius 2 is 1.71 bits per heavy atom. The fourth-order valence-corrected chi connectivity index (χ4v) is 5.16. The highest BCUT2D eigenvalue weighted by Crippen LogP contribution is 2.41. The van der Waals surface area contributed by atoms with Crippen LogP contribution < -0.4 is 5.32 Å². The minimum Gasteiger partial charge on any atom is -0.444 e. The molecule has 0 aromatic carbocycles. The maximum absolute atomic E-state index is 13.4. The van der Waals surface area contributed by atoms with Crippen LogP contribution in [0.15, 0.2) is 0 Å². The molecule has 1 unspecified atom stereocenters. The molecule has 2 amide bonds. The van der Waals surface area contributed by atoms with E-state index in [1.165, 1.54) is 32.1 Å². The number of carbonyl (C=O) groups excluding carboxylic acids is 2. The molecule has 204 valence electrons. The van der Waals surface area contributed by atoms with Crippen LogP contribution in [0.1, 0.15) is 100 Å². The summed E-state index contributed by atoms with van der Waals surface area (Å²) in [6.45, 7) is 15.6. The van der Waals surface area contributed by atoms with Crippen molar-refractivity contribution in [3.8, 4) is 0 Å². The molecule has 0 bridgehead atoms. The van der Waals surface area contributed by atoms with Gasteiger partial charge in [-0.05, 0) is 80.3 Å². The van der Waals surface area contributed by atoms with Crippen molar-refractivity contribution >= 4 is 12.2 Å². The Labute approximate surface area is 213 Å². The lowest BCUT2D eigenvalue weighted by Crippen LogP contribution is -2.51. The summed E-state index contributed by atoms with van der Waals surface area (Å²) in [6, 6.07) is -0.257. The molecule has 0 aromatic heterocycles. The van der Waals surface area contributed by atoms with E-state index in [4.69, 9.17) is 14.2 Å². The average molecular weight is 498 g/mol. The quantitative estimate of drug-likeness (QED) is 0.430. The molecule has 8 heteroatoms. The Hall–Kier alpha value is -1.54. The molecule has 1 saturated carbocycles. The molecule has 35 heavy (non-hydrogen) atoms. The van der Waals surface area contributed by atoms with E-state index in [9.17, 15) is 9.59 Å². The molecule has 0 spiro atoms. The third-order valence-corrected chi connectivity index (χ3v) is 7.27. The monoisotopic (exact) mass is 497 g/mol. The number of hydrogen-bond acceptors (Lipinski definition) is 6. The standard InChI is InChI=1S/C27H51N3O5/c1-18(2)21(28-24(31)33-19(3)29(9)10)17-23-22(16-20-14-12-11-13-15-20)30(27(7,8)34-23)25(32)35-26(4,5)6/h18-23H,11-17H2,1-10H3,(H,28,31)/t19?,21-,22-,23-/m0/s1. The highest BCUT2D eigenvalue weighted by Gasteiger charge is 2.52. The Balaban J connectivity index is 2.24. The Morgan fingerprint density at radius 1 is 1.11 bits per heavy atom. The van der Waals surface area contributed by atoms with Gasteiger partial charge in [0.2, 0.25) is 0 Å². The number of alkyl carbamates (subject to hydrolysis) is 1. The van der Waals surface area contributed by atoms with E-state index < -0.39 is 17.4 Å². The van der Waals surface area contributed by atoms with E-state index in [1.807, 2.05) is 65.4 Å².